The van der Waals surface area contributed by atoms with E-state index in [1.54, 1.807) is 6.33 Å². The van der Waals surface area contributed by atoms with E-state index in [4.69, 9.17) is 0 Å². The number of halogens is 1. The van der Waals surface area contributed by atoms with Crippen LogP contribution in [0.15, 0.2) is 79.4 Å². The number of nitrogens with one attached hydrogen (secondary N) is 3. The maximum absolute atomic E-state index is 15.5. The maximum atomic E-state index is 15.5. The molecule has 3 saturated heterocycles. The van der Waals surface area contributed by atoms with Crippen molar-refractivity contribution in [3.05, 3.63) is 102 Å². The van der Waals surface area contributed by atoms with E-state index < -0.39 is 35.5 Å². The number of rotatable bonds is 12. The third-order valence-corrected chi connectivity index (χ3v) is 13.6. The molecule has 5 aromatic rings. The second kappa shape index (κ2) is 17.4. The zero-order valence-electron chi connectivity index (χ0n) is 35.4. The van der Waals surface area contributed by atoms with Gasteiger partial charge in [0.05, 0.1) is 29.6 Å². The van der Waals surface area contributed by atoms with Gasteiger partial charge in [-0.3, -0.25) is 39.1 Å². The summed E-state index contributed by atoms with van der Waals surface area (Å²) in [5.41, 5.74) is 4.89. The molecular formula is C47H50FN11O5. The normalized spacial score (nSPS) is 21.8. The van der Waals surface area contributed by atoms with E-state index in [2.05, 4.69) is 69.5 Å². The van der Waals surface area contributed by atoms with Crippen molar-refractivity contribution in [1.29, 1.82) is 0 Å². The lowest BCUT2D eigenvalue weighted by molar-refractivity contribution is -0.136. The Hall–Kier alpha value is -6.75. The van der Waals surface area contributed by atoms with Gasteiger partial charge in [-0.2, -0.15) is 0 Å². The van der Waals surface area contributed by atoms with Crippen LogP contribution in [0.25, 0.3) is 11.2 Å². The number of amides is 5. The van der Waals surface area contributed by atoms with Gasteiger partial charge in [-0.15, -0.1) is 0 Å². The molecule has 2 aromatic heterocycles. The standard InChI is InChI=1S/C47H50FN11O5/c48-37-25-35-36(47(64)59(46(35)63)38-10-11-40(60)54-45(38)62)26-39(37)57-16-13-29(14-17-57)12-15-55-18-20-56(21-19-55)33-8-6-31(7-9-33)53-43-42-44(50-27-49-43)58(28-51-42)34-23-32(24-34)52-41(61)22-30-4-2-1-3-5-30/h1-9,25-29,32,34,38H,10-24H2,(H,52,61)(H,49,50,53)(H,54,60,62). The Labute approximate surface area is 369 Å². The lowest BCUT2D eigenvalue weighted by Crippen LogP contribution is -2.54. The first kappa shape index (κ1) is 41.3. The van der Waals surface area contributed by atoms with Crippen LogP contribution in [-0.4, -0.2) is 117 Å². The van der Waals surface area contributed by atoms with Crippen molar-refractivity contribution in [2.24, 2.45) is 5.92 Å². The first-order chi connectivity index (χ1) is 31.1. The number of carbonyl (C=O) groups is 5. The van der Waals surface area contributed by atoms with Crippen molar-refractivity contribution >= 4 is 63.6 Å². The minimum absolute atomic E-state index is 0.0252. The molecule has 1 atom stereocenters. The summed E-state index contributed by atoms with van der Waals surface area (Å²) in [5.74, 6) is -1.86. The molecule has 6 heterocycles. The maximum Gasteiger partial charge on any atom is 0.262 e. The predicted molar refractivity (Wildman–Crippen MR) is 237 cm³/mol. The number of imide groups is 2. The number of aromatic nitrogens is 4. The highest BCUT2D eigenvalue weighted by Gasteiger charge is 2.45. The van der Waals surface area contributed by atoms with Crippen LogP contribution >= 0.6 is 0 Å². The van der Waals surface area contributed by atoms with Crippen molar-refractivity contribution in [1.82, 2.24) is 40.0 Å². The Morgan fingerprint density at radius 1 is 0.812 bits per heavy atom. The van der Waals surface area contributed by atoms with Gasteiger partial charge in [0.15, 0.2) is 17.0 Å². The molecule has 3 aromatic carbocycles. The highest BCUT2D eigenvalue weighted by atomic mass is 19.1. The second-order valence-corrected chi connectivity index (χ2v) is 17.6. The van der Waals surface area contributed by atoms with Crippen molar-refractivity contribution in [2.45, 2.75) is 69.5 Å². The molecule has 0 radical (unpaired) electrons. The Bertz CT molecular complexity index is 2600. The number of nitrogens with zero attached hydrogens (tertiary/aromatic N) is 8. The first-order valence-electron chi connectivity index (χ1n) is 22.3. The molecule has 1 aliphatic carbocycles. The molecule has 4 fully saturated rings. The lowest BCUT2D eigenvalue weighted by Gasteiger charge is -2.38. The quantitative estimate of drug-likeness (QED) is 0.149. The van der Waals surface area contributed by atoms with Crippen molar-refractivity contribution in [2.75, 3.05) is 60.9 Å². The van der Waals surface area contributed by atoms with Crippen LogP contribution in [0.1, 0.15) is 77.3 Å². The molecule has 3 N–H and O–H groups in total. The minimum Gasteiger partial charge on any atom is -0.369 e. The van der Waals surface area contributed by atoms with Gasteiger partial charge in [0, 0.05) is 69.1 Å². The summed E-state index contributed by atoms with van der Waals surface area (Å²) < 4.78 is 17.5. The summed E-state index contributed by atoms with van der Waals surface area (Å²) in [7, 11) is 0. The molecule has 64 heavy (non-hydrogen) atoms. The molecule has 330 valence electrons. The summed E-state index contributed by atoms with van der Waals surface area (Å²) >= 11 is 0. The van der Waals surface area contributed by atoms with Crippen LogP contribution in [0, 0.1) is 11.7 Å². The molecule has 4 aliphatic heterocycles. The summed E-state index contributed by atoms with van der Waals surface area (Å²) in [6, 6.07) is 20.0. The second-order valence-electron chi connectivity index (χ2n) is 17.6. The van der Waals surface area contributed by atoms with Gasteiger partial charge in [0.1, 0.15) is 18.2 Å². The van der Waals surface area contributed by atoms with Crippen LogP contribution < -0.4 is 25.8 Å². The molecule has 16 nitrogen and oxygen atoms in total. The number of piperazine rings is 1. The number of anilines is 4. The summed E-state index contributed by atoms with van der Waals surface area (Å²) in [6.45, 7) is 6.06. The van der Waals surface area contributed by atoms with Crippen LogP contribution in [0.3, 0.4) is 0 Å². The minimum atomic E-state index is -1.09. The molecule has 1 unspecified atom stereocenters. The monoisotopic (exact) mass is 867 g/mol. The average Bonchev–Trinajstić information content (AvgIpc) is 3.82. The van der Waals surface area contributed by atoms with E-state index in [1.165, 1.54) is 11.8 Å². The molecule has 17 heteroatoms. The molecule has 0 spiro atoms. The van der Waals surface area contributed by atoms with Gasteiger partial charge in [-0.05, 0) is 92.9 Å². The van der Waals surface area contributed by atoms with Crippen LogP contribution in [0.5, 0.6) is 0 Å². The largest absolute Gasteiger partial charge is 0.369 e. The van der Waals surface area contributed by atoms with E-state index in [9.17, 15) is 24.0 Å². The topological polar surface area (TPSA) is 178 Å². The smallest absolute Gasteiger partial charge is 0.262 e. The van der Waals surface area contributed by atoms with E-state index >= 15 is 4.39 Å². The summed E-state index contributed by atoms with van der Waals surface area (Å²) in [4.78, 5) is 84.6. The van der Waals surface area contributed by atoms with Gasteiger partial charge < -0.3 is 25.0 Å². The zero-order chi connectivity index (χ0) is 43.9. The average molecular weight is 868 g/mol. The van der Waals surface area contributed by atoms with E-state index in [-0.39, 0.29) is 42.0 Å². The number of benzene rings is 3. The van der Waals surface area contributed by atoms with E-state index in [1.807, 2.05) is 41.6 Å². The zero-order valence-corrected chi connectivity index (χ0v) is 35.4. The van der Waals surface area contributed by atoms with Gasteiger partial charge in [-0.25, -0.2) is 19.3 Å². The number of hydrogen-bond donors (Lipinski definition) is 3. The molecule has 10 rings (SSSR count). The summed E-state index contributed by atoms with van der Waals surface area (Å²) in [6.07, 6.45) is 8.33. The van der Waals surface area contributed by atoms with Crippen molar-refractivity contribution < 1.29 is 28.4 Å². The number of piperidine rings is 2. The van der Waals surface area contributed by atoms with Crippen molar-refractivity contribution in [3.63, 3.8) is 0 Å². The van der Waals surface area contributed by atoms with Crippen molar-refractivity contribution in [3.8, 4) is 0 Å². The highest BCUT2D eigenvalue weighted by molar-refractivity contribution is 6.23. The fourth-order valence-corrected chi connectivity index (χ4v) is 9.87. The van der Waals surface area contributed by atoms with Crippen LogP contribution in [-0.2, 0) is 20.8 Å². The van der Waals surface area contributed by atoms with E-state index in [0.717, 1.165) is 92.7 Å². The Morgan fingerprint density at radius 3 is 2.28 bits per heavy atom. The fraction of sp³-hybridized carbons (Fsp3) is 0.404. The van der Waals surface area contributed by atoms with Gasteiger partial charge in [-0.1, -0.05) is 30.3 Å². The number of imidazole rings is 1. The number of fused-ring (bicyclic) bond motifs is 2. The molecular weight excluding hydrogens is 818 g/mol. The highest BCUT2D eigenvalue weighted by Crippen LogP contribution is 2.37. The third kappa shape index (κ3) is 8.27. The lowest BCUT2D eigenvalue weighted by atomic mass is 9.86. The number of hydrogen-bond acceptors (Lipinski definition) is 12. The SMILES string of the molecule is O=C1CCC(N2C(=O)c3cc(F)c(N4CCC(CCN5CCN(c6ccc(Nc7ncnc8c7ncn8C7CC(NC(=O)Cc8ccccc8)C7)cc6)CC5)CC4)cc3C2=O)C(=O)N1. The fourth-order valence-electron chi connectivity index (χ4n) is 9.87. The molecule has 1 saturated carbocycles. The van der Waals surface area contributed by atoms with E-state index in [0.29, 0.717) is 42.5 Å². The Morgan fingerprint density at radius 2 is 1.55 bits per heavy atom. The van der Waals surface area contributed by atoms with Crippen LogP contribution in [0.2, 0.25) is 0 Å². The van der Waals surface area contributed by atoms with Gasteiger partial charge in [0.2, 0.25) is 17.7 Å². The summed E-state index contributed by atoms with van der Waals surface area (Å²) in [5, 5.41) is 8.79. The predicted octanol–water partition coefficient (Wildman–Crippen LogP) is 4.60. The first-order valence-corrected chi connectivity index (χ1v) is 22.3. The molecule has 0 bridgehead atoms. The van der Waals surface area contributed by atoms with Crippen LogP contribution in [0.4, 0.5) is 27.3 Å². The van der Waals surface area contributed by atoms with Gasteiger partial charge >= 0.3 is 0 Å². The number of carbonyl (C=O) groups excluding carboxylic acids is 5. The Kier molecular flexibility index (Phi) is 11.2. The molecule has 5 amide bonds. The molecule has 5 aliphatic rings. The Balaban J connectivity index is 0.665. The third-order valence-electron chi connectivity index (χ3n) is 13.6. The van der Waals surface area contributed by atoms with Gasteiger partial charge in [0.25, 0.3) is 11.8 Å².